The molecule has 0 spiro atoms. The number of nitrogens with one attached hydrogen (secondary N) is 1. The lowest BCUT2D eigenvalue weighted by molar-refractivity contribution is 0.272. The Balaban J connectivity index is 1.94. The second kappa shape index (κ2) is 5.37. The average Bonchev–Trinajstić information content (AvgIpc) is 2.85. The van der Waals surface area contributed by atoms with Gasteiger partial charge in [0.25, 0.3) is 0 Å². The van der Waals surface area contributed by atoms with Crippen LogP contribution in [0, 0.1) is 0 Å². The summed E-state index contributed by atoms with van der Waals surface area (Å²) >= 11 is 0. The van der Waals surface area contributed by atoms with E-state index in [1.54, 1.807) is 12.5 Å². The Morgan fingerprint density at radius 2 is 2.06 bits per heavy atom. The molecule has 1 atom stereocenters. The van der Waals surface area contributed by atoms with Crippen molar-refractivity contribution in [3.63, 3.8) is 0 Å². The summed E-state index contributed by atoms with van der Waals surface area (Å²) in [5.74, 6) is 0.881. The van der Waals surface area contributed by atoms with E-state index in [2.05, 4.69) is 5.32 Å². The summed E-state index contributed by atoms with van der Waals surface area (Å²) < 4.78 is 10.7. The van der Waals surface area contributed by atoms with E-state index in [4.69, 9.17) is 9.15 Å². The van der Waals surface area contributed by atoms with E-state index in [1.165, 1.54) is 0 Å². The normalized spacial score (nSPS) is 12.3. The Morgan fingerprint density at radius 3 is 2.69 bits per heavy atom. The van der Waals surface area contributed by atoms with E-state index in [0.29, 0.717) is 6.61 Å². The van der Waals surface area contributed by atoms with Crippen LogP contribution < -0.4 is 10.1 Å². The molecule has 3 nitrogen and oxygen atoms in total. The van der Waals surface area contributed by atoms with Gasteiger partial charge in [-0.25, -0.2) is 0 Å². The summed E-state index contributed by atoms with van der Waals surface area (Å²) in [6.07, 6.45) is 3.40. The largest absolute Gasteiger partial charge is 0.492 e. The fraction of sp³-hybridized carbons (Fsp3) is 0.231. The molecule has 0 radical (unpaired) electrons. The molecule has 0 fully saturated rings. The zero-order chi connectivity index (χ0) is 11.2. The van der Waals surface area contributed by atoms with Gasteiger partial charge in [-0.05, 0) is 25.2 Å². The number of hydrogen-bond acceptors (Lipinski definition) is 3. The van der Waals surface area contributed by atoms with Crippen molar-refractivity contribution in [2.75, 3.05) is 13.7 Å². The third-order valence-corrected chi connectivity index (χ3v) is 2.45. The molecule has 0 aliphatic rings. The Morgan fingerprint density at radius 1 is 1.25 bits per heavy atom. The second-order valence-electron chi connectivity index (χ2n) is 3.52. The smallest absolute Gasteiger partial charge is 0.119 e. The first-order valence-corrected chi connectivity index (χ1v) is 5.27. The minimum atomic E-state index is 0.152. The van der Waals surface area contributed by atoms with Gasteiger partial charge in [0.2, 0.25) is 0 Å². The third-order valence-electron chi connectivity index (χ3n) is 2.45. The lowest BCUT2D eigenvalue weighted by Gasteiger charge is -2.15. The van der Waals surface area contributed by atoms with Crippen molar-refractivity contribution in [2.45, 2.75) is 6.04 Å². The van der Waals surface area contributed by atoms with E-state index in [0.717, 1.165) is 11.3 Å². The van der Waals surface area contributed by atoms with Gasteiger partial charge in [-0.3, -0.25) is 0 Å². The van der Waals surface area contributed by atoms with Crippen molar-refractivity contribution in [2.24, 2.45) is 0 Å². The van der Waals surface area contributed by atoms with Gasteiger partial charge in [0.05, 0.1) is 18.6 Å². The Hall–Kier alpha value is -1.74. The summed E-state index contributed by atoms with van der Waals surface area (Å²) in [6.45, 7) is 0.583. The van der Waals surface area contributed by atoms with Gasteiger partial charge in [-0.1, -0.05) is 18.2 Å². The minimum absolute atomic E-state index is 0.152. The van der Waals surface area contributed by atoms with Gasteiger partial charge in [0.1, 0.15) is 12.4 Å². The highest BCUT2D eigenvalue weighted by atomic mass is 16.5. The van der Waals surface area contributed by atoms with E-state index in [-0.39, 0.29) is 6.04 Å². The molecule has 1 aromatic carbocycles. The average molecular weight is 217 g/mol. The van der Waals surface area contributed by atoms with Crippen LogP contribution in [0.1, 0.15) is 11.6 Å². The van der Waals surface area contributed by atoms with Crippen LogP contribution in [0.4, 0.5) is 0 Å². The van der Waals surface area contributed by atoms with Crippen molar-refractivity contribution in [1.29, 1.82) is 0 Å². The fourth-order valence-electron chi connectivity index (χ4n) is 1.52. The molecule has 2 aromatic rings. The highest BCUT2D eigenvalue weighted by Gasteiger charge is 2.10. The molecule has 16 heavy (non-hydrogen) atoms. The lowest BCUT2D eigenvalue weighted by Crippen LogP contribution is -2.22. The van der Waals surface area contributed by atoms with Crippen LogP contribution in [0.2, 0.25) is 0 Å². The van der Waals surface area contributed by atoms with Crippen molar-refractivity contribution in [3.05, 3.63) is 54.5 Å². The first kappa shape index (κ1) is 10.8. The van der Waals surface area contributed by atoms with Gasteiger partial charge in [0, 0.05) is 5.56 Å². The maximum absolute atomic E-state index is 5.68. The lowest BCUT2D eigenvalue weighted by atomic mass is 10.2. The second-order valence-corrected chi connectivity index (χ2v) is 3.52. The Kier molecular flexibility index (Phi) is 3.62. The van der Waals surface area contributed by atoms with Gasteiger partial charge < -0.3 is 14.5 Å². The summed E-state index contributed by atoms with van der Waals surface area (Å²) in [5.41, 5.74) is 1.10. The van der Waals surface area contributed by atoms with Crippen molar-refractivity contribution in [1.82, 2.24) is 5.32 Å². The number of furan rings is 1. The van der Waals surface area contributed by atoms with Gasteiger partial charge in [0.15, 0.2) is 0 Å². The molecule has 0 amide bonds. The van der Waals surface area contributed by atoms with Crippen molar-refractivity contribution in [3.8, 4) is 5.75 Å². The quantitative estimate of drug-likeness (QED) is 0.836. The fourth-order valence-corrected chi connectivity index (χ4v) is 1.52. The maximum Gasteiger partial charge on any atom is 0.119 e. The van der Waals surface area contributed by atoms with Gasteiger partial charge >= 0.3 is 0 Å². The van der Waals surface area contributed by atoms with Crippen LogP contribution in [-0.4, -0.2) is 13.7 Å². The van der Waals surface area contributed by atoms with E-state index >= 15 is 0 Å². The van der Waals surface area contributed by atoms with E-state index in [9.17, 15) is 0 Å². The van der Waals surface area contributed by atoms with Gasteiger partial charge in [-0.15, -0.1) is 0 Å². The third kappa shape index (κ3) is 2.64. The zero-order valence-corrected chi connectivity index (χ0v) is 9.22. The number of benzene rings is 1. The minimum Gasteiger partial charge on any atom is -0.492 e. The summed E-state index contributed by atoms with van der Waals surface area (Å²) in [5, 5.41) is 3.19. The molecule has 1 heterocycles. The van der Waals surface area contributed by atoms with E-state index in [1.807, 2.05) is 43.4 Å². The molecule has 0 aliphatic carbocycles. The first-order chi connectivity index (χ1) is 7.90. The maximum atomic E-state index is 5.68. The van der Waals surface area contributed by atoms with Crippen LogP contribution in [0.3, 0.4) is 0 Å². The van der Waals surface area contributed by atoms with E-state index < -0.39 is 0 Å². The molecule has 2 rings (SSSR count). The first-order valence-electron chi connectivity index (χ1n) is 5.27. The molecule has 0 saturated heterocycles. The van der Waals surface area contributed by atoms with Gasteiger partial charge in [-0.2, -0.15) is 0 Å². The number of para-hydroxylation sites is 1. The molecular weight excluding hydrogens is 202 g/mol. The van der Waals surface area contributed by atoms with Crippen molar-refractivity contribution >= 4 is 0 Å². The summed E-state index contributed by atoms with van der Waals surface area (Å²) in [4.78, 5) is 0. The molecule has 0 bridgehead atoms. The van der Waals surface area contributed by atoms with Crippen LogP contribution in [0.25, 0.3) is 0 Å². The molecule has 84 valence electrons. The van der Waals surface area contributed by atoms with Crippen LogP contribution in [0.15, 0.2) is 53.3 Å². The number of hydrogen-bond donors (Lipinski definition) is 1. The highest BCUT2D eigenvalue weighted by molar-refractivity contribution is 5.21. The summed E-state index contributed by atoms with van der Waals surface area (Å²) in [6, 6.07) is 11.9. The molecule has 1 aromatic heterocycles. The SMILES string of the molecule is CNC(COc1ccccc1)c1ccoc1. The van der Waals surface area contributed by atoms with Crippen LogP contribution >= 0.6 is 0 Å². The topological polar surface area (TPSA) is 34.4 Å². The van der Waals surface area contributed by atoms with Crippen LogP contribution in [-0.2, 0) is 0 Å². The molecule has 0 saturated carbocycles. The standard InChI is InChI=1S/C13H15NO2/c1-14-13(11-7-8-15-9-11)10-16-12-5-3-2-4-6-12/h2-9,13-14H,10H2,1H3. The molecule has 0 aliphatic heterocycles. The Bertz CT molecular complexity index is 397. The molecular formula is C13H15NO2. The number of ether oxygens (including phenoxy) is 1. The molecule has 1 N–H and O–H groups in total. The highest BCUT2D eigenvalue weighted by Crippen LogP contribution is 2.16. The number of rotatable bonds is 5. The monoisotopic (exact) mass is 217 g/mol. The predicted octanol–water partition coefficient (Wildman–Crippen LogP) is 2.62. The number of likely N-dealkylation sites (N-methyl/N-ethyl adjacent to an activating group) is 1. The Labute approximate surface area is 95.0 Å². The van der Waals surface area contributed by atoms with Crippen LogP contribution in [0.5, 0.6) is 5.75 Å². The molecule has 3 heteroatoms. The zero-order valence-electron chi connectivity index (χ0n) is 9.22. The predicted molar refractivity (Wildman–Crippen MR) is 62.4 cm³/mol. The summed E-state index contributed by atoms with van der Waals surface area (Å²) in [7, 11) is 1.91. The van der Waals surface area contributed by atoms with Crippen molar-refractivity contribution < 1.29 is 9.15 Å². The molecule has 1 unspecified atom stereocenters.